The summed E-state index contributed by atoms with van der Waals surface area (Å²) in [4.78, 5) is 11.7. The summed E-state index contributed by atoms with van der Waals surface area (Å²) in [6.07, 6.45) is 2.95. The van der Waals surface area contributed by atoms with Gasteiger partial charge >= 0.3 is 0 Å². The largest absolute Gasteiger partial charge is 0.353 e. The van der Waals surface area contributed by atoms with Crippen LogP contribution in [-0.4, -0.2) is 25.0 Å². The summed E-state index contributed by atoms with van der Waals surface area (Å²) in [5.74, 6) is 1.33. The molecule has 15 heavy (non-hydrogen) atoms. The first-order chi connectivity index (χ1) is 7.13. The molecule has 1 aliphatic rings. The standard InChI is InChI=1S/C12H24N2O/c1-4-9(2)10(3)14-12(15)7-11-5-6-13-8-11/h9-11,13H,4-8H2,1-3H3,(H,14,15). The summed E-state index contributed by atoms with van der Waals surface area (Å²) in [5.41, 5.74) is 0. The molecule has 0 aromatic carbocycles. The van der Waals surface area contributed by atoms with Crippen molar-refractivity contribution in [1.29, 1.82) is 0 Å². The van der Waals surface area contributed by atoms with Crippen LogP contribution in [0.2, 0.25) is 0 Å². The van der Waals surface area contributed by atoms with E-state index >= 15 is 0 Å². The first kappa shape index (κ1) is 12.5. The van der Waals surface area contributed by atoms with Gasteiger partial charge < -0.3 is 10.6 Å². The number of rotatable bonds is 5. The molecule has 88 valence electrons. The highest BCUT2D eigenvalue weighted by atomic mass is 16.1. The number of hydrogen-bond donors (Lipinski definition) is 2. The molecule has 0 aromatic heterocycles. The van der Waals surface area contributed by atoms with Gasteiger partial charge in [0.05, 0.1) is 0 Å². The van der Waals surface area contributed by atoms with Crippen molar-refractivity contribution < 1.29 is 4.79 Å². The fourth-order valence-corrected chi connectivity index (χ4v) is 1.96. The molecule has 2 N–H and O–H groups in total. The lowest BCUT2D eigenvalue weighted by Gasteiger charge is -2.20. The zero-order valence-electron chi connectivity index (χ0n) is 10.2. The monoisotopic (exact) mass is 212 g/mol. The molecule has 0 bridgehead atoms. The van der Waals surface area contributed by atoms with E-state index in [-0.39, 0.29) is 5.91 Å². The van der Waals surface area contributed by atoms with Gasteiger partial charge in [-0.3, -0.25) is 4.79 Å². The summed E-state index contributed by atoms with van der Waals surface area (Å²) in [6.45, 7) is 8.51. The van der Waals surface area contributed by atoms with E-state index in [1.165, 1.54) is 0 Å². The van der Waals surface area contributed by atoms with Crippen molar-refractivity contribution in [2.75, 3.05) is 13.1 Å². The van der Waals surface area contributed by atoms with Gasteiger partial charge in [0.15, 0.2) is 0 Å². The predicted octanol–water partition coefficient (Wildman–Crippen LogP) is 1.54. The molecule has 0 radical (unpaired) electrons. The van der Waals surface area contributed by atoms with Crippen LogP contribution >= 0.6 is 0 Å². The third-order valence-corrected chi connectivity index (χ3v) is 3.52. The quantitative estimate of drug-likeness (QED) is 0.726. The summed E-state index contributed by atoms with van der Waals surface area (Å²) >= 11 is 0. The molecule has 0 saturated carbocycles. The van der Waals surface area contributed by atoms with Gasteiger partial charge in [-0.2, -0.15) is 0 Å². The average Bonchev–Trinajstić information content (AvgIpc) is 2.68. The van der Waals surface area contributed by atoms with Crippen molar-refractivity contribution in [3.8, 4) is 0 Å². The van der Waals surface area contributed by atoms with E-state index in [0.717, 1.165) is 25.9 Å². The van der Waals surface area contributed by atoms with Crippen LogP contribution in [0.25, 0.3) is 0 Å². The van der Waals surface area contributed by atoms with Crippen molar-refractivity contribution in [2.24, 2.45) is 11.8 Å². The first-order valence-corrected chi connectivity index (χ1v) is 6.13. The van der Waals surface area contributed by atoms with Crippen molar-refractivity contribution in [1.82, 2.24) is 10.6 Å². The normalized spacial score (nSPS) is 24.9. The third kappa shape index (κ3) is 4.20. The smallest absolute Gasteiger partial charge is 0.220 e. The van der Waals surface area contributed by atoms with E-state index in [0.29, 0.717) is 24.3 Å². The van der Waals surface area contributed by atoms with Gasteiger partial charge in [-0.15, -0.1) is 0 Å². The van der Waals surface area contributed by atoms with E-state index in [4.69, 9.17) is 0 Å². The molecule has 1 fully saturated rings. The molecular weight excluding hydrogens is 188 g/mol. The van der Waals surface area contributed by atoms with Crippen molar-refractivity contribution in [3.63, 3.8) is 0 Å². The Hall–Kier alpha value is -0.570. The molecule has 1 heterocycles. The van der Waals surface area contributed by atoms with Gasteiger partial charge in [0.1, 0.15) is 0 Å². The Bertz CT molecular complexity index is 200. The predicted molar refractivity (Wildman–Crippen MR) is 62.7 cm³/mol. The fraction of sp³-hybridized carbons (Fsp3) is 0.917. The molecule has 3 heteroatoms. The molecule has 0 spiro atoms. The molecular formula is C12H24N2O. The Morgan fingerprint density at radius 3 is 2.80 bits per heavy atom. The third-order valence-electron chi connectivity index (χ3n) is 3.52. The van der Waals surface area contributed by atoms with Crippen LogP contribution in [0, 0.1) is 11.8 Å². The second-order valence-corrected chi connectivity index (χ2v) is 4.80. The Labute approximate surface area is 93.0 Å². The van der Waals surface area contributed by atoms with Crippen molar-refractivity contribution in [3.05, 3.63) is 0 Å². The SMILES string of the molecule is CCC(C)C(C)NC(=O)CC1CCNC1. The lowest BCUT2D eigenvalue weighted by atomic mass is 9.99. The van der Waals surface area contributed by atoms with E-state index in [9.17, 15) is 4.79 Å². The summed E-state index contributed by atoms with van der Waals surface area (Å²) < 4.78 is 0. The fourth-order valence-electron chi connectivity index (χ4n) is 1.96. The molecule has 3 atom stereocenters. The molecule has 1 amide bonds. The van der Waals surface area contributed by atoms with Gasteiger partial charge in [0, 0.05) is 12.5 Å². The highest BCUT2D eigenvalue weighted by Crippen LogP contribution is 2.13. The second kappa shape index (κ2) is 6.11. The minimum atomic E-state index is 0.219. The van der Waals surface area contributed by atoms with E-state index in [1.807, 2.05) is 0 Å². The van der Waals surface area contributed by atoms with Crippen molar-refractivity contribution >= 4 is 5.91 Å². The minimum absolute atomic E-state index is 0.219. The number of amides is 1. The first-order valence-electron chi connectivity index (χ1n) is 6.13. The van der Waals surface area contributed by atoms with Crippen LogP contribution in [0.4, 0.5) is 0 Å². The molecule has 0 aromatic rings. The molecule has 0 aliphatic carbocycles. The maximum Gasteiger partial charge on any atom is 0.220 e. The topological polar surface area (TPSA) is 41.1 Å². The Morgan fingerprint density at radius 1 is 1.53 bits per heavy atom. The van der Waals surface area contributed by atoms with Gasteiger partial charge in [-0.05, 0) is 38.3 Å². The van der Waals surface area contributed by atoms with Gasteiger partial charge in [0.25, 0.3) is 0 Å². The van der Waals surface area contributed by atoms with E-state index in [2.05, 4.69) is 31.4 Å². The maximum atomic E-state index is 11.7. The van der Waals surface area contributed by atoms with Gasteiger partial charge in [0.2, 0.25) is 5.91 Å². The summed E-state index contributed by atoms with van der Waals surface area (Å²) in [5, 5.41) is 6.38. The number of carbonyl (C=O) groups is 1. The lowest BCUT2D eigenvalue weighted by molar-refractivity contribution is -0.122. The van der Waals surface area contributed by atoms with Crippen LogP contribution in [0.3, 0.4) is 0 Å². The van der Waals surface area contributed by atoms with Gasteiger partial charge in [-0.25, -0.2) is 0 Å². The van der Waals surface area contributed by atoms with E-state index in [1.54, 1.807) is 0 Å². The lowest BCUT2D eigenvalue weighted by Crippen LogP contribution is -2.37. The summed E-state index contributed by atoms with van der Waals surface area (Å²) in [7, 11) is 0. The van der Waals surface area contributed by atoms with E-state index < -0.39 is 0 Å². The maximum absolute atomic E-state index is 11.7. The van der Waals surface area contributed by atoms with Gasteiger partial charge in [-0.1, -0.05) is 20.3 Å². The minimum Gasteiger partial charge on any atom is -0.353 e. The molecule has 1 saturated heterocycles. The average molecular weight is 212 g/mol. The second-order valence-electron chi connectivity index (χ2n) is 4.80. The molecule has 3 unspecified atom stereocenters. The Balaban J connectivity index is 2.22. The zero-order chi connectivity index (χ0) is 11.3. The number of nitrogens with one attached hydrogen (secondary N) is 2. The zero-order valence-corrected chi connectivity index (χ0v) is 10.2. The Kier molecular flexibility index (Phi) is 5.09. The molecule has 1 rings (SSSR count). The Morgan fingerprint density at radius 2 is 2.27 bits per heavy atom. The van der Waals surface area contributed by atoms with Crippen LogP contribution in [0.5, 0.6) is 0 Å². The molecule has 3 nitrogen and oxygen atoms in total. The van der Waals surface area contributed by atoms with Crippen LogP contribution < -0.4 is 10.6 Å². The van der Waals surface area contributed by atoms with Crippen LogP contribution in [-0.2, 0) is 4.79 Å². The van der Waals surface area contributed by atoms with Crippen molar-refractivity contribution in [2.45, 2.75) is 46.1 Å². The highest BCUT2D eigenvalue weighted by Gasteiger charge is 2.19. The highest BCUT2D eigenvalue weighted by molar-refractivity contribution is 5.76. The van der Waals surface area contributed by atoms with Crippen LogP contribution in [0.1, 0.15) is 40.0 Å². The van der Waals surface area contributed by atoms with Crippen LogP contribution in [0.15, 0.2) is 0 Å². The number of hydrogen-bond acceptors (Lipinski definition) is 2. The molecule has 1 aliphatic heterocycles. The number of carbonyl (C=O) groups excluding carboxylic acids is 1. The summed E-state index contributed by atoms with van der Waals surface area (Å²) in [6, 6.07) is 0.303.